The zero-order valence-corrected chi connectivity index (χ0v) is 21.3. The van der Waals surface area contributed by atoms with Crippen LogP contribution < -0.4 is 5.43 Å². The molecule has 0 spiro atoms. The Labute approximate surface area is 219 Å². The number of benzene rings is 3. The first-order valence-corrected chi connectivity index (χ1v) is 13.6. The van der Waals surface area contributed by atoms with E-state index in [0.717, 1.165) is 22.0 Å². The van der Waals surface area contributed by atoms with Crippen LogP contribution in [-0.2, 0) is 21.4 Å². The summed E-state index contributed by atoms with van der Waals surface area (Å²) >= 11 is 5.89. The summed E-state index contributed by atoms with van der Waals surface area (Å²) in [5, 5.41) is 5.52. The van der Waals surface area contributed by atoms with Crippen LogP contribution in [0.15, 0.2) is 89.0 Å². The maximum Gasteiger partial charge on any atom is 0.258 e. The number of halogens is 2. The molecule has 190 valence electrons. The van der Waals surface area contributed by atoms with Crippen LogP contribution in [0.3, 0.4) is 0 Å². The monoisotopic (exact) mass is 538 g/mol. The molecular formula is C27H24ClFN4O3S. The Hall–Kier alpha value is -3.53. The van der Waals surface area contributed by atoms with Gasteiger partial charge in [-0.15, -0.1) is 0 Å². The molecule has 5 rings (SSSR count). The molecule has 1 fully saturated rings. The van der Waals surface area contributed by atoms with Crippen LogP contribution in [0.25, 0.3) is 10.9 Å². The number of rotatable bonds is 7. The van der Waals surface area contributed by atoms with Crippen LogP contribution in [0.5, 0.6) is 0 Å². The average molecular weight is 539 g/mol. The van der Waals surface area contributed by atoms with Crippen molar-refractivity contribution in [3.8, 4) is 0 Å². The lowest BCUT2D eigenvalue weighted by atomic mass is 10.2. The molecule has 0 bridgehead atoms. The molecule has 0 aliphatic carbocycles. The summed E-state index contributed by atoms with van der Waals surface area (Å²) in [5.74, 6) is -0.771. The van der Waals surface area contributed by atoms with Crippen molar-refractivity contribution < 1.29 is 17.6 Å². The Morgan fingerprint density at radius 2 is 1.81 bits per heavy atom. The molecule has 37 heavy (non-hydrogen) atoms. The molecule has 1 atom stereocenters. The Bertz CT molecular complexity index is 1570. The molecule has 10 heteroatoms. The molecule has 0 radical (unpaired) electrons. The molecule has 1 saturated heterocycles. The topological polar surface area (TPSA) is 83.8 Å². The van der Waals surface area contributed by atoms with E-state index in [1.165, 1.54) is 40.7 Å². The Balaban J connectivity index is 1.32. The zero-order valence-electron chi connectivity index (χ0n) is 19.7. The van der Waals surface area contributed by atoms with Crippen molar-refractivity contribution in [1.29, 1.82) is 0 Å². The van der Waals surface area contributed by atoms with Crippen molar-refractivity contribution in [3.05, 3.63) is 101 Å². The van der Waals surface area contributed by atoms with Crippen molar-refractivity contribution in [3.63, 3.8) is 0 Å². The highest BCUT2D eigenvalue weighted by Gasteiger charge is 2.39. The van der Waals surface area contributed by atoms with Gasteiger partial charge in [0.2, 0.25) is 10.0 Å². The summed E-state index contributed by atoms with van der Waals surface area (Å²) in [4.78, 5) is 13.0. The number of sulfonamides is 1. The van der Waals surface area contributed by atoms with Gasteiger partial charge in [0.05, 0.1) is 11.1 Å². The third kappa shape index (κ3) is 5.29. The van der Waals surface area contributed by atoms with E-state index in [2.05, 4.69) is 10.5 Å². The quantitative estimate of drug-likeness (QED) is 0.271. The second kappa shape index (κ2) is 10.5. The van der Waals surface area contributed by atoms with E-state index >= 15 is 0 Å². The minimum atomic E-state index is -3.85. The van der Waals surface area contributed by atoms with Crippen molar-refractivity contribution >= 4 is 44.6 Å². The van der Waals surface area contributed by atoms with Gasteiger partial charge in [-0.1, -0.05) is 41.9 Å². The van der Waals surface area contributed by atoms with Crippen LogP contribution in [-0.4, -0.2) is 42.0 Å². The molecule has 2 heterocycles. The van der Waals surface area contributed by atoms with Crippen LogP contribution in [0.4, 0.5) is 4.39 Å². The molecule has 1 aromatic heterocycles. The van der Waals surface area contributed by atoms with Crippen molar-refractivity contribution in [2.45, 2.75) is 30.3 Å². The summed E-state index contributed by atoms with van der Waals surface area (Å²) in [6.45, 7) is 0.796. The molecule has 0 saturated carbocycles. The molecule has 4 aromatic rings. The largest absolute Gasteiger partial charge is 0.342 e. The maximum atomic E-state index is 13.3. The fraction of sp³-hybridized carbons (Fsp3) is 0.185. The Kier molecular flexibility index (Phi) is 7.10. The third-order valence-corrected chi connectivity index (χ3v) is 8.56. The molecule has 7 nitrogen and oxygen atoms in total. The van der Waals surface area contributed by atoms with Crippen molar-refractivity contribution in [1.82, 2.24) is 14.3 Å². The molecule has 0 unspecified atom stereocenters. The number of nitrogens with one attached hydrogen (secondary N) is 1. The second-order valence-corrected chi connectivity index (χ2v) is 11.1. The number of hydrogen-bond acceptors (Lipinski definition) is 4. The lowest BCUT2D eigenvalue weighted by Crippen LogP contribution is -2.44. The molecule has 1 amide bonds. The van der Waals surface area contributed by atoms with E-state index < -0.39 is 22.0 Å². The molecule has 3 aromatic carbocycles. The maximum absolute atomic E-state index is 13.3. The normalized spacial score (nSPS) is 16.5. The zero-order chi connectivity index (χ0) is 26.0. The number of nitrogens with zero attached hydrogens (tertiary/aromatic N) is 3. The van der Waals surface area contributed by atoms with E-state index in [4.69, 9.17) is 11.6 Å². The number of hydrogen-bond donors (Lipinski definition) is 1. The van der Waals surface area contributed by atoms with Gasteiger partial charge in [0.15, 0.2) is 0 Å². The highest BCUT2D eigenvalue weighted by molar-refractivity contribution is 7.89. The summed E-state index contributed by atoms with van der Waals surface area (Å²) in [7, 11) is -3.85. The van der Waals surface area contributed by atoms with E-state index in [9.17, 15) is 17.6 Å². The van der Waals surface area contributed by atoms with Gasteiger partial charge in [0.1, 0.15) is 11.9 Å². The van der Waals surface area contributed by atoms with E-state index in [-0.39, 0.29) is 17.3 Å². The number of amides is 1. The predicted molar refractivity (Wildman–Crippen MR) is 142 cm³/mol. The first-order valence-electron chi connectivity index (χ1n) is 11.8. The second-order valence-electron chi connectivity index (χ2n) is 8.82. The van der Waals surface area contributed by atoms with Crippen molar-refractivity contribution in [2.24, 2.45) is 5.10 Å². The minimum Gasteiger partial charge on any atom is -0.342 e. The van der Waals surface area contributed by atoms with E-state index in [1.807, 2.05) is 35.0 Å². The number of hydrazone groups is 1. The first-order chi connectivity index (χ1) is 17.8. The number of carbonyl (C=O) groups is 1. The van der Waals surface area contributed by atoms with Gasteiger partial charge < -0.3 is 4.57 Å². The Morgan fingerprint density at radius 1 is 1.08 bits per heavy atom. The highest BCUT2D eigenvalue weighted by Crippen LogP contribution is 2.27. The lowest BCUT2D eigenvalue weighted by molar-refractivity contribution is -0.124. The lowest BCUT2D eigenvalue weighted by Gasteiger charge is -2.22. The van der Waals surface area contributed by atoms with Gasteiger partial charge in [-0.05, 0) is 60.9 Å². The highest BCUT2D eigenvalue weighted by atomic mass is 35.5. The van der Waals surface area contributed by atoms with Crippen LogP contribution in [0.2, 0.25) is 5.02 Å². The van der Waals surface area contributed by atoms with Crippen LogP contribution in [0.1, 0.15) is 24.0 Å². The third-order valence-electron chi connectivity index (χ3n) is 6.39. The SMILES string of the molecule is O=C(N/N=C\c1cn(Cc2ccc(F)cc2)c2ccccc12)[C@@H]1CCCN1S(=O)(=O)c1ccc(Cl)cc1. The molecule has 1 aliphatic rings. The van der Waals surface area contributed by atoms with Gasteiger partial charge in [0.25, 0.3) is 5.91 Å². The standard InChI is InChI=1S/C27H24ClFN4O3S/c28-21-9-13-23(14-10-21)37(35,36)33-15-3-6-26(33)27(34)31-30-16-20-18-32(25-5-2-1-4-24(20)25)17-19-7-11-22(29)12-8-19/h1-2,4-5,7-14,16,18,26H,3,6,15,17H2,(H,31,34)/b30-16-/t26-/m0/s1. The fourth-order valence-electron chi connectivity index (χ4n) is 4.57. The van der Waals surface area contributed by atoms with Gasteiger partial charge in [-0.25, -0.2) is 18.2 Å². The molecule has 1 aliphatic heterocycles. The Morgan fingerprint density at radius 3 is 2.57 bits per heavy atom. The summed E-state index contributed by atoms with van der Waals surface area (Å²) < 4.78 is 42.8. The first kappa shape index (κ1) is 25.1. The van der Waals surface area contributed by atoms with Gasteiger partial charge in [0, 0.05) is 40.8 Å². The predicted octanol–water partition coefficient (Wildman–Crippen LogP) is 4.79. The smallest absolute Gasteiger partial charge is 0.258 e. The van der Waals surface area contributed by atoms with E-state index in [0.29, 0.717) is 24.4 Å². The fourth-order valence-corrected chi connectivity index (χ4v) is 6.35. The van der Waals surface area contributed by atoms with Gasteiger partial charge in [-0.2, -0.15) is 9.41 Å². The van der Waals surface area contributed by atoms with E-state index in [1.54, 1.807) is 18.3 Å². The summed E-state index contributed by atoms with van der Waals surface area (Å²) in [6.07, 6.45) is 4.45. The number of aromatic nitrogens is 1. The van der Waals surface area contributed by atoms with Crippen LogP contribution >= 0.6 is 11.6 Å². The number of fused-ring (bicyclic) bond motifs is 1. The average Bonchev–Trinajstić information content (AvgIpc) is 3.52. The number of carbonyl (C=O) groups excluding carboxylic acids is 1. The van der Waals surface area contributed by atoms with Gasteiger partial charge in [-0.3, -0.25) is 4.79 Å². The molecule has 1 N–H and O–H groups in total. The van der Waals surface area contributed by atoms with Crippen LogP contribution in [0, 0.1) is 5.82 Å². The minimum absolute atomic E-state index is 0.0917. The number of para-hydroxylation sites is 1. The summed E-state index contributed by atoms with van der Waals surface area (Å²) in [6, 6.07) is 19.2. The van der Waals surface area contributed by atoms with Gasteiger partial charge >= 0.3 is 0 Å². The summed E-state index contributed by atoms with van der Waals surface area (Å²) in [5.41, 5.74) is 5.22. The van der Waals surface area contributed by atoms with Crippen molar-refractivity contribution in [2.75, 3.05) is 6.54 Å². The molecular weight excluding hydrogens is 515 g/mol.